The highest BCUT2D eigenvalue weighted by Gasteiger charge is 2.28. The fraction of sp³-hybridized carbons (Fsp3) is 0.200. The largest absolute Gasteiger partial charge is 0.339 e. The molecule has 0 aliphatic heterocycles. The van der Waals surface area contributed by atoms with Crippen molar-refractivity contribution in [2.24, 2.45) is 0 Å². The summed E-state index contributed by atoms with van der Waals surface area (Å²) in [4.78, 5) is 17.6. The molecule has 0 N–H and O–H groups in total. The second-order valence-corrected chi connectivity index (χ2v) is 10.6. The summed E-state index contributed by atoms with van der Waals surface area (Å²) < 4.78 is 2.24. The standard InChI is InChI=1S/C15H17N5Si/c1-21(2,3)20(12-7-5-4-6-8-12)15-18-11-13-14(19-15)17-10-9-16-13/h4-11H,1-3H3. The Morgan fingerprint density at radius 3 is 2.33 bits per heavy atom. The molecule has 0 unspecified atom stereocenters. The van der Waals surface area contributed by atoms with Crippen molar-refractivity contribution in [2.45, 2.75) is 19.6 Å². The number of benzene rings is 1. The molecule has 0 fully saturated rings. The van der Waals surface area contributed by atoms with Crippen LogP contribution in [0.4, 0.5) is 11.6 Å². The minimum Gasteiger partial charge on any atom is -0.339 e. The van der Waals surface area contributed by atoms with Crippen molar-refractivity contribution in [3.63, 3.8) is 0 Å². The zero-order valence-corrected chi connectivity index (χ0v) is 13.4. The van der Waals surface area contributed by atoms with Gasteiger partial charge in [-0.2, -0.15) is 4.98 Å². The number of hydrogen-bond acceptors (Lipinski definition) is 5. The highest BCUT2D eigenvalue weighted by molar-refractivity contribution is 6.80. The van der Waals surface area contributed by atoms with Crippen LogP contribution >= 0.6 is 0 Å². The molecule has 0 saturated carbocycles. The van der Waals surface area contributed by atoms with E-state index in [0.29, 0.717) is 17.1 Å². The summed E-state index contributed by atoms with van der Waals surface area (Å²) in [6.07, 6.45) is 5.04. The van der Waals surface area contributed by atoms with Gasteiger partial charge in [0.15, 0.2) is 13.9 Å². The molecule has 0 aliphatic rings. The molecular formula is C15H17N5Si. The van der Waals surface area contributed by atoms with E-state index in [4.69, 9.17) is 0 Å². The molecule has 1 aromatic carbocycles. The molecule has 6 heteroatoms. The van der Waals surface area contributed by atoms with Gasteiger partial charge in [0.1, 0.15) is 5.52 Å². The summed E-state index contributed by atoms with van der Waals surface area (Å²) in [5.41, 5.74) is 2.45. The summed E-state index contributed by atoms with van der Waals surface area (Å²) in [7, 11) is -1.70. The molecule has 0 amide bonds. The van der Waals surface area contributed by atoms with Crippen LogP contribution in [-0.4, -0.2) is 28.2 Å². The second-order valence-electron chi connectivity index (χ2n) is 5.78. The molecule has 3 aromatic rings. The van der Waals surface area contributed by atoms with Crippen molar-refractivity contribution >= 4 is 31.0 Å². The van der Waals surface area contributed by atoms with Crippen LogP contribution in [0.2, 0.25) is 19.6 Å². The lowest BCUT2D eigenvalue weighted by Crippen LogP contribution is -2.43. The van der Waals surface area contributed by atoms with Gasteiger partial charge in [0.05, 0.1) is 6.20 Å². The lowest BCUT2D eigenvalue weighted by Gasteiger charge is -2.34. The summed E-state index contributed by atoms with van der Waals surface area (Å²) in [5, 5.41) is 0. The van der Waals surface area contributed by atoms with Gasteiger partial charge in [-0.3, -0.25) is 0 Å². The van der Waals surface area contributed by atoms with Gasteiger partial charge in [-0.05, 0) is 12.1 Å². The first kappa shape index (κ1) is 13.6. The first-order valence-corrected chi connectivity index (χ1v) is 10.3. The van der Waals surface area contributed by atoms with E-state index in [2.05, 4.69) is 56.3 Å². The third-order valence-corrected chi connectivity index (χ3v) is 4.90. The third-order valence-electron chi connectivity index (χ3n) is 3.10. The Labute approximate surface area is 124 Å². The molecule has 2 aromatic heterocycles. The van der Waals surface area contributed by atoms with Gasteiger partial charge in [-0.1, -0.05) is 37.8 Å². The molecule has 0 spiro atoms. The molecule has 106 valence electrons. The smallest absolute Gasteiger partial charge is 0.223 e. The maximum Gasteiger partial charge on any atom is 0.223 e. The lowest BCUT2D eigenvalue weighted by atomic mass is 10.3. The Bertz CT molecular complexity index is 755. The molecular weight excluding hydrogens is 278 g/mol. The minimum absolute atomic E-state index is 0.627. The van der Waals surface area contributed by atoms with Crippen LogP contribution < -0.4 is 4.57 Å². The normalized spacial score (nSPS) is 11.6. The number of nitrogens with zero attached hydrogens (tertiary/aromatic N) is 5. The highest BCUT2D eigenvalue weighted by Crippen LogP contribution is 2.28. The maximum atomic E-state index is 4.59. The van der Waals surface area contributed by atoms with Gasteiger partial charge in [0, 0.05) is 18.1 Å². The van der Waals surface area contributed by atoms with Gasteiger partial charge in [-0.25, -0.2) is 15.0 Å². The number of anilines is 2. The van der Waals surface area contributed by atoms with Crippen molar-refractivity contribution < 1.29 is 0 Å². The predicted molar refractivity (Wildman–Crippen MR) is 87.1 cm³/mol. The third kappa shape index (κ3) is 2.75. The van der Waals surface area contributed by atoms with E-state index < -0.39 is 8.24 Å². The Hall–Kier alpha value is -2.34. The molecule has 21 heavy (non-hydrogen) atoms. The Balaban J connectivity index is 2.15. The molecule has 0 saturated heterocycles. The van der Waals surface area contributed by atoms with E-state index >= 15 is 0 Å². The molecule has 2 heterocycles. The van der Waals surface area contributed by atoms with Crippen molar-refractivity contribution in [1.82, 2.24) is 19.9 Å². The first-order chi connectivity index (χ1) is 10.1. The highest BCUT2D eigenvalue weighted by atomic mass is 28.3. The van der Waals surface area contributed by atoms with Gasteiger partial charge in [0.25, 0.3) is 0 Å². The van der Waals surface area contributed by atoms with Gasteiger partial charge >= 0.3 is 0 Å². The zero-order chi connectivity index (χ0) is 14.9. The quantitative estimate of drug-likeness (QED) is 0.693. The van der Waals surface area contributed by atoms with Crippen LogP contribution in [0, 0.1) is 0 Å². The Morgan fingerprint density at radius 2 is 1.62 bits per heavy atom. The predicted octanol–water partition coefficient (Wildman–Crippen LogP) is 3.39. The summed E-state index contributed by atoms with van der Waals surface area (Å²) in [5.74, 6) is 0.688. The lowest BCUT2D eigenvalue weighted by molar-refractivity contribution is 1.09. The van der Waals surface area contributed by atoms with Gasteiger partial charge in [0.2, 0.25) is 5.95 Å². The van der Waals surface area contributed by atoms with Crippen LogP contribution in [0.25, 0.3) is 11.2 Å². The fourth-order valence-corrected chi connectivity index (χ4v) is 3.88. The van der Waals surface area contributed by atoms with Crippen molar-refractivity contribution in [3.8, 4) is 0 Å². The summed E-state index contributed by atoms with van der Waals surface area (Å²) in [6, 6.07) is 10.2. The van der Waals surface area contributed by atoms with Crippen LogP contribution in [0.15, 0.2) is 48.9 Å². The molecule has 5 nitrogen and oxygen atoms in total. The number of aromatic nitrogens is 4. The monoisotopic (exact) mass is 295 g/mol. The maximum absolute atomic E-state index is 4.59. The Morgan fingerprint density at radius 1 is 0.905 bits per heavy atom. The van der Waals surface area contributed by atoms with Crippen LogP contribution in [0.1, 0.15) is 0 Å². The molecule has 0 aliphatic carbocycles. The van der Waals surface area contributed by atoms with Crippen molar-refractivity contribution in [1.29, 1.82) is 0 Å². The van der Waals surface area contributed by atoms with E-state index in [1.165, 1.54) is 0 Å². The second kappa shape index (κ2) is 5.21. The first-order valence-electron chi connectivity index (χ1n) is 6.85. The SMILES string of the molecule is C[Si](C)(C)N(c1ccccc1)c1ncc2nccnc2n1. The van der Waals surface area contributed by atoms with Crippen molar-refractivity contribution in [3.05, 3.63) is 48.9 Å². The number of hydrogen-bond donors (Lipinski definition) is 0. The van der Waals surface area contributed by atoms with Gasteiger partial charge < -0.3 is 4.57 Å². The number of para-hydroxylation sites is 1. The summed E-state index contributed by atoms with van der Waals surface area (Å²) >= 11 is 0. The van der Waals surface area contributed by atoms with E-state index in [9.17, 15) is 0 Å². The topological polar surface area (TPSA) is 54.8 Å². The molecule has 3 rings (SSSR count). The van der Waals surface area contributed by atoms with E-state index in [0.717, 1.165) is 5.69 Å². The van der Waals surface area contributed by atoms with Crippen LogP contribution in [0.3, 0.4) is 0 Å². The summed E-state index contributed by atoms with van der Waals surface area (Å²) in [6.45, 7) is 6.80. The average molecular weight is 295 g/mol. The van der Waals surface area contributed by atoms with Crippen LogP contribution in [-0.2, 0) is 0 Å². The van der Waals surface area contributed by atoms with Crippen molar-refractivity contribution in [2.75, 3.05) is 4.57 Å². The van der Waals surface area contributed by atoms with E-state index in [1.807, 2.05) is 18.2 Å². The fourth-order valence-electron chi connectivity index (χ4n) is 2.25. The average Bonchev–Trinajstić information content (AvgIpc) is 2.47. The number of rotatable bonds is 3. The zero-order valence-electron chi connectivity index (χ0n) is 12.4. The molecule has 0 bridgehead atoms. The van der Waals surface area contributed by atoms with Crippen LogP contribution in [0.5, 0.6) is 0 Å². The van der Waals surface area contributed by atoms with E-state index in [1.54, 1.807) is 18.6 Å². The molecule has 0 radical (unpaired) electrons. The van der Waals surface area contributed by atoms with E-state index in [-0.39, 0.29) is 0 Å². The minimum atomic E-state index is -1.70. The number of fused-ring (bicyclic) bond motifs is 1. The van der Waals surface area contributed by atoms with Gasteiger partial charge in [-0.15, -0.1) is 0 Å². The molecule has 0 atom stereocenters. The Kier molecular flexibility index (Phi) is 3.38.